The van der Waals surface area contributed by atoms with Gasteiger partial charge in [-0.15, -0.1) is 0 Å². The van der Waals surface area contributed by atoms with E-state index in [2.05, 4.69) is 18.1 Å². The number of amides is 3. The second kappa shape index (κ2) is 10.0. The first-order valence-corrected chi connectivity index (χ1v) is 11.8. The van der Waals surface area contributed by atoms with E-state index in [-0.39, 0.29) is 18.5 Å². The van der Waals surface area contributed by atoms with Crippen LogP contribution in [0.2, 0.25) is 0 Å². The van der Waals surface area contributed by atoms with E-state index in [4.69, 9.17) is 9.47 Å². The van der Waals surface area contributed by atoms with Crippen LogP contribution in [0.4, 0.5) is 4.79 Å². The Labute approximate surface area is 183 Å². The van der Waals surface area contributed by atoms with Gasteiger partial charge in [0.05, 0.1) is 20.3 Å². The van der Waals surface area contributed by atoms with Gasteiger partial charge in [-0.1, -0.05) is 12.1 Å². The molecule has 0 radical (unpaired) electrons. The zero-order valence-corrected chi connectivity index (χ0v) is 19.2. The van der Waals surface area contributed by atoms with Gasteiger partial charge in [0.15, 0.2) is 0 Å². The predicted octanol–water partition coefficient (Wildman–Crippen LogP) is 2.69. The second-order valence-corrected chi connectivity index (χ2v) is 8.95. The van der Waals surface area contributed by atoms with Crippen molar-refractivity contribution in [3.8, 4) is 5.75 Å². The van der Waals surface area contributed by atoms with E-state index >= 15 is 0 Å². The highest BCUT2D eigenvalue weighted by Gasteiger charge is 2.57. The third kappa shape index (κ3) is 4.45. The van der Waals surface area contributed by atoms with E-state index in [0.29, 0.717) is 37.8 Å². The van der Waals surface area contributed by atoms with E-state index in [0.717, 1.165) is 24.4 Å². The van der Waals surface area contributed by atoms with Crippen molar-refractivity contribution in [3.05, 3.63) is 29.8 Å². The molecule has 1 spiro atoms. The van der Waals surface area contributed by atoms with E-state index in [1.807, 2.05) is 36.0 Å². The maximum Gasteiger partial charge on any atom is 0.328 e. The molecule has 166 valence electrons. The normalized spacial score (nSPS) is 20.3. The number of thioether (sulfide) groups is 1. The Balaban J connectivity index is 1.81. The first-order chi connectivity index (χ1) is 14.5. The average Bonchev–Trinajstić information content (AvgIpc) is 2.94. The zero-order valence-electron chi connectivity index (χ0n) is 18.4. The van der Waals surface area contributed by atoms with Crippen LogP contribution >= 0.6 is 11.8 Å². The maximum atomic E-state index is 13.6. The molecule has 0 aliphatic carbocycles. The van der Waals surface area contributed by atoms with Gasteiger partial charge < -0.3 is 14.4 Å². The molecular formula is C22H33N3O4S. The number of imide groups is 1. The third-order valence-corrected chi connectivity index (χ3v) is 7.09. The number of hydrogen-bond acceptors (Lipinski definition) is 6. The van der Waals surface area contributed by atoms with E-state index in [1.165, 1.54) is 4.90 Å². The van der Waals surface area contributed by atoms with Gasteiger partial charge in [-0.25, -0.2) is 4.79 Å². The highest BCUT2D eigenvalue weighted by atomic mass is 32.2. The van der Waals surface area contributed by atoms with Crippen LogP contribution in [0.15, 0.2) is 24.3 Å². The Kier molecular flexibility index (Phi) is 7.65. The molecule has 2 fully saturated rings. The summed E-state index contributed by atoms with van der Waals surface area (Å²) < 4.78 is 10.5. The van der Waals surface area contributed by atoms with Crippen LogP contribution in [-0.2, 0) is 16.1 Å². The zero-order chi connectivity index (χ0) is 21.7. The quantitative estimate of drug-likeness (QED) is 0.556. The Hall–Kier alpha value is -1.77. The molecular weight excluding hydrogens is 402 g/mol. The smallest absolute Gasteiger partial charge is 0.328 e. The minimum atomic E-state index is -0.760. The van der Waals surface area contributed by atoms with Crippen LogP contribution in [0.3, 0.4) is 0 Å². The van der Waals surface area contributed by atoms with Crippen molar-refractivity contribution in [1.29, 1.82) is 0 Å². The van der Waals surface area contributed by atoms with Crippen molar-refractivity contribution in [1.82, 2.24) is 14.7 Å². The maximum absolute atomic E-state index is 13.6. The Morgan fingerprint density at radius 3 is 2.57 bits per heavy atom. The summed E-state index contributed by atoms with van der Waals surface area (Å²) in [6.07, 6.45) is 3.44. The van der Waals surface area contributed by atoms with Crippen molar-refractivity contribution in [2.45, 2.75) is 37.9 Å². The van der Waals surface area contributed by atoms with E-state index < -0.39 is 5.54 Å². The number of benzene rings is 1. The molecule has 1 aromatic rings. The fraction of sp³-hybridized carbons (Fsp3) is 0.636. The standard InChI is InChI=1S/C22H33N3O4S/c1-17(16-30-4)23-10-8-22(9-11-23)20(26)24(21(27)25(22)12-13-28-2)15-18-6-5-7-19(14-18)29-3/h5-7,14,17H,8-13,15-16H2,1-4H3. The largest absolute Gasteiger partial charge is 0.497 e. The van der Waals surface area contributed by atoms with Gasteiger partial charge in [0.25, 0.3) is 5.91 Å². The highest BCUT2D eigenvalue weighted by molar-refractivity contribution is 7.98. The van der Waals surface area contributed by atoms with Crippen LogP contribution in [0.5, 0.6) is 5.75 Å². The van der Waals surface area contributed by atoms with Crippen LogP contribution in [-0.4, -0.2) is 90.7 Å². The third-order valence-electron chi connectivity index (χ3n) is 6.27. The van der Waals surface area contributed by atoms with Crippen molar-refractivity contribution in [3.63, 3.8) is 0 Å². The number of rotatable bonds is 9. The summed E-state index contributed by atoms with van der Waals surface area (Å²) in [5.74, 6) is 1.70. The molecule has 0 bridgehead atoms. The SMILES string of the molecule is COCCN1C(=O)N(Cc2cccc(OC)c2)C(=O)C12CCN(C(C)CSC)CC2. The number of carbonyl (C=O) groups excluding carboxylic acids is 2. The number of methoxy groups -OCH3 is 2. The first kappa shape index (κ1) is 22.9. The van der Waals surface area contributed by atoms with E-state index in [1.54, 1.807) is 19.1 Å². The molecule has 1 unspecified atom stereocenters. The van der Waals surface area contributed by atoms with Gasteiger partial charge in [0.2, 0.25) is 0 Å². The van der Waals surface area contributed by atoms with E-state index in [9.17, 15) is 9.59 Å². The first-order valence-electron chi connectivity index (χ1n) is 10.4. The summed E-state index contributed by atoms with van der Waals surface area (Å²) in [7, 11) is 3.23. The summed E-state index contributed by atoms with van der Waals surface area (Å²) in [6.45, 7) is 4.96. The molecule has 2 aliphatic heterocycles. The molecule has 1 aromatic carbocycles. The number of urea groups is 1. The topological polar surface area (TPSA) is 62.3 Å². The number of carbonyl (C=O) groups is 2. The van der Waals surface area contributed by atoms with Crippen LogP contribution in [0, 0.1) is 0 Å². The average molecular weight is 436 g/mol. The van der Waals surface area contributed by atoms with Gasteiger partial charge in [0, 0.05) is 38.5 Å². The molecule has 0 saturated carbocycles. The molecule has 8 heteroatoms. The van der Waals surface area contributed by atoms with Gasteiger partial charge in [-0.3, -0.25) is 14.6 Å². The highest BCUT2D eigenvalue weighted by Crippen LogP contribution is 2.38. The Morgan fingerprint density at radius 2 is 1.93 bits per heavy atom. The second-order valence-electron chi connectivity index (χ2n) is 8.04. The van der Waals surface area contributed by atoms with Crippen molar-refractivity contribution < 1.29 is 19.1 Å². The molecule has 30 heavy (non-hydrogen) atoms. The summed E-state index contributed by atoms with van der Waals surface area (Å²) in [5, 5.41) is 0. The molecule has 3 rings (SSSR count). The summed E-state index contributed by atoms with van der Waals surface area (Å²) in [5.41, 5.74) is 0.121. The molecule has 2 aliphatic rings. The van der Waals surface area contributed by atoms with Crippen LogP contribution in [0.1, 0.15) is 25.3 Å². The summed E-state index contributed by atoms with van der Waals surface area (Å²) in [4.78, 5) is 32.5. The van der Waals surface area contributed by atoms with Gasteiger partial charge >= 0.3 is 6.03 Å². The number of likely N-dealkylation sites (tertiary alicyclic amines) is 1. The van der Waals surface area contributed by atoms with Gasteiger partial charge in [0.1, 0.15) is 11.3 Å². The molecule has 7 nitrogen and oxygen atoms in total. The van der Waals surface area contributed by atoms with Crippen molar-refractivity contribution >= 4 is 23.7 Å². The summed E-state index contributed by atoms with van der Waals surface area (Å²) >= 11 is 1.84. The lowest BCUT2D eigenvalue weighted by Gasteiger charge is -2.44. The summed E-state index contributed by atoms with van der Waals surface area (Å²) in [6, 6.07) is 7.77. The molecule has 0 aromatic heterocycles. The minimum Gasteiger partial charge on any atom is -0.497 e. The number of piperidine rings is 1. The van der Waals surface area contributed by atoms with Crippen molar-refractivity contribution in [2.24, 2.45) is 0 Å². The monoisotopic (exact) mass is 435 g/mol. The lowest BCUT2D eigenvalue weighted by Crippen LogP contribution is -2.58. The predicted molar refractivity (Wildman–Crippen MR) is 119 cm³/mol. The van der Waals surface area contributed by atoms with Crippen molar-refractivity contribution in [2.75, 3.05) is 52.5 Å². The lowest BCUT2D eigenvalue weighted by molar-refractivity contribution is -0.136. The van der Waals surface area contributed by atoms with Crippen LogP contribution < -0.4 is 4.74 Å². The molecule has 0 N–H and O–H groups in total. The lowest BCUT2D eigenvalue weighted by atomic mass is 9.85. The number of hydrogen-bond donors (Lipinski definition) is 0. The molecule has 1 atom stereocenters. The minimum absolute atomic E-state index is 0.0800. The van der Waals surface area contributed by atoms with Gasteiger partial charge in [-0.2, -0.15) is 11.8 Å². The number of nitrogens with zero attached hydrogens (tertiary/aromatic N) is 3. The molecule has 2 saturated heterocycles. The Bertz CT molecular complexity index is 752. The number of ether oxygens (including phenoxy) is 2. The molecule has 3 amide bonds. The van der Waals surface area contributed by atoms with Gasteiger partial charge in [-0.05, 0) is 43.7 Å². The molecule has 2 heterocycles. The fourth-order valence-electron chi connectivity index (χ4n) is 4.53. The Morgan fingerprint density at radius 1 is 1.20 bits per heavy atom. The fourth-order valence-corrected chi connectivity index (χ4v) is 5.23. The van der Waals surface area contributed by atoms with Crippen LogP contribution in [0.25, 0.3) is 0 Å².